The van der Waals surface area contributed by atoms with Crippen LogP contribution in [0.3, 0.4) is 0 Å². The van der Waals surface area contributed by atoms with E-state index >= 15 is 0 Å². The maximum atomic E-state index is 5.99. The molecule has 2 rings (SSSR count). The first-order valence-corrected chi connectivity index (χ1v) is 7.50. The van der Waals surface area contributed by atoms with E-state index in [1.54, 1.807) is 0 Å². The van der Waals surface area contributed by atoms with Crippen LogP contribution in [-0.4, -0.2) is 31.1 Å². The summed E-state index contributed by atoms with van der Waals surface area (Å²) in [6.07, 6.45) is 5.03. The molecule has 0 spiro atoms. The second-order valence-electron chi connectivity index (χ2n) is 5.33. The largest absolute Gasteiger partial charge is 0.492 e. The van der Waals surface area contributed by atoms with E-state index in [0.29, 0.717) is 0 Å². The lowest BCUT2D eigenvalue weighted by Crippen LogP contribution is -2.33. The van der Waals surface area contributed by atoms with Gasteiger partial charge in [0.2, 0.25) is 0 Å². The van der Waals surface area contributed by atoms with Crippen molar-refractivity contribution in [1.82, 2.24) is 4.90 Å². The topological polar surface area (TPSA) is 38.5 Å². The molecule has 0 bridgehead atoms. The molecule has 106 valence electrons. The molecular formula is C16H26N2O. The molecule has 0 radical (unpaired) electrons. The number of benzene rings is 1. The van der Waals surface area contributed by atoms with E-state index in [0.717, 1.165) is 25.3 Å². The maximum absolute atomic E-state index is 5.99. The Balaban J connectivity index is 1.73. The average molecular weight is 262 g/mol. The van der Waals surface area contributed by atoms with Crippen LogP contribution in [0.1, 0.15) is 44.2 Å². The number of nitrogens with zero attached hydrogens (tertiary/aromatic N) is 1. The van der Waals surface area contributed by atoms with Crippen LogP contribution in [0.2, 0.25) is 0 Å². The molecule has 1 fully saturated rings. The molecule has 1 aliphatic rings. The van der Waals surface area contributed by atoms with Crippen LogP contribution < -0.4 is 10.5 Å². The Morgan fingerprint density at radius 2 is 1.84 bits per heavy atom. The van der Waals surface area contributed by atoms with Gasteiger partial charge in [0.1, 0.15) is 12.4 Å². The number of hydrogen-bond donors (Lipinski definition) is 1. The summed E-state index contributed by atoms with van der Waals surface area (Å²) in [7, 11) is 0. The van der Waals surface area contributed by atoms with Crippen molar-refractivity contribution in [3.63, 3.8) is 0 Å². The lowest BCUT2D eigenvalue weighted by atomic mass is 10.1. The van der Waals surface area contributed by atoms with E-state index in [2.05, 4.69) is 24.0 Å². The van der Waals surface area contributed by atoms with Crippen LogP contribution in [-0.2, 0) is 0 Å². The van der Waals surface area contributed by atoms with Gasteiger partial charge in [0, 0.05) is 12.6 Å². The zero-order valence-electron chi connectivity index (χ0n) is 12.0. The van der Waals surface area contributed by atoms with Gasteiger partial charge in [0.15, 0.2) is 0 Å². The van der Waals surface area contributed by atoms with Gasteiger partial charge in [-0.25, -0.2) is 0 Å². The Morgan fingerprint density at radius 3 is 2.47 bits per heavy atom. The zero-order chi connectivity index (χ0) is 13.5. The highest BCUT2D eigenvalue weighted by Gasteiger charge is 2.09. The van der Waals surface area contributed by atoms with Gasteiger partial charge in [-0.05, 0) is 50.0 Å². The fraction of sp³-hybridized carbons (Fsp3) is 0.625. The van der Waals surface area contributed by atoms with Crippen LogP contribution in [0.25, 0.3) is 0 Å². The van der Waals surface area contributed by atoms with Crippen molar-refractivity contribution < 1.29 is 4.74 Å². The molecule has 2 N–H and O–H groups in total. The molecule has 0 saturated carbocycles. The SMILES string of the molecule is CC[C@H](N)c1ccc(OCCN2CCCCC2)cc1. The molecule has 1 atom stereocenters. The molecule has 0 aromatic heterocycles. The fourth-order valence-electron chi connectivity index (χ4n) is 2.52. The van der Waals surface area contributed by atoms with E-state index < -0.39 is 0 Å². The first kappa shape index (κ1) is 14.4. The van der Waals surface area contributed by atoms with E-state index in [1.165, 1.54) is 37.9 Å². The Kier molecular flexibility index (Phi) is 5.67. The van der Waals surface area contributed by atoms with Crippen LogP contribution in [0.4, 0.5) is 0 Å². The molecule has 1 aliphatic heterocycles. The van der Waals surface area contributed by atoms with Gasteiger partial charge in [0.25, 0.3) is 0 Å². The number of piperidine rings is 1. The van der Waals surface area contributed by atoms with Crippen LogP contribution in [0.15, 0.2) is 24.3 Å². The minimum atomic E-state index is 0.141. The number of rotatable bonds is 6. The van der Waals surface area contributed by atoms with Gasteiger partial charge in [-0.1, -0.05) is 25.5 Å². The fourth-order valence-corrected chi connectivity index (χ4v) is 2.52. The van der Waals surface area contributed by atoms with Gasteiger partial charge in [0.05, 0.1) is 0 Å². The minimum Gasteiger partial charge on any atom is -0.492 e. The van der Waals surface area contributed by atoms with E-state index in [-0.39, 0.29) is 6.04 Å². The molecule has 1 heterocycles. The van der Waals surface area contributed by atoms with E-state index in [1.807, 2.05) is 12.1 Å². The molecule has 0 aliphatic carbocycles. The number of likely N-dealkylation sites (tertiary alicyclic amines) is 1. The van der Waals surface area contributed by atoms with Gasteiger partial charge >= 0.3 is 0 Å². The highest BCUT2D eigenvalue weighted by molar-refractivity contribution is 5.28. The van der Waals surface area contributed by atoms with Crippen molar-refractivity contribution in [2.45, 2.75) is 38.6 Å². The summed E-state index contributed by atoms with van der Waals surface area (Å²) in [6, 6.07) is 8.35. The third kappa shape index (κ3) is 4.51. The number of nitrogens with two attached hydrogens (primary N) is 1. The van der Waals surface area contributed by atoms with Crippen LogP contribution in [0, 0.1) is 0 Å². The standard InChI is InChI=1S/C16H26N2O/c1-2-16(17)14-6-8-15(9-7-14)19-13-12-18-10-4-3-5-11-18/h6-9,16H,2-5,10-13,17H2,1H3/t16-/m0/s1. The second kappa shape index (κ2) is 7.51. The lowest BCUT2D eigenvalue weighted by molar-refractivity contribution is 0.183. The number of hydrogen-bond acceptors (Lipinski definition) is 3. The molecule has 1 saturated heterocycles. The van der Waals surface area contributed by atoms with Crippen molar-refractivity contribution in [3.8, 4) is 5.75 Å². The van der Waals surface area contributed by atoms with Gasteiger partial charge in [-0.15, -0.1) is 0 Å². The highest BCUT2D eigenvalue weighted by atomic mass is 16.5. The molecule has 0 unspecified atom stereocenters. The molecule has 1 aromatic rings. The van der Waals surface area contributed by atoms with Gasteiger partial charge < -0.3 is 10.5 Å². The summed E-state index contributed by atoms with van der Waals surface area (Å²) >= 11 is 0. The summed E-state index contributed by atoms with van der Waals surface area (Å²) in [5.41, 5.74) is 7.18. The monoisotopic (exact) mass is 262 g/mol. The predicted octanol–water partition coefficient (Wildman–Crippen LogP) is 2.96. The quantitative estimate of drug-likeness (QED) is 0.856. The number of ether oxygens (including phenoxy) is 1. The maximum Gasteiger partial charge on any atom is 0.119 e. The smallest absolute Gasteiger partial charge is 0.119 e. The second-order valence-corrected chi connectivity index (χ2v) is 5.33. The van der Waals surface area contributed by atoms with Crippen molar-refractivity contribution in [3.05, 3.63) is 29.8 Å². The van der Waals surface area contributed by atoms with Crippen LogP contribution >= 0.6 is 0 Å². The van der Waals surface area contributed by atoms with E-state index in [4.69, 9.17) is 10.5 Å². The Morgan fingerprint density at radius 1 is 1.16 bits per heavy atom. The Labute approximate surface area is 116 Å². The third-order valence-electron chi connectivity index (χ3n) is 3.87. The van der Waals surface area contributed by atoms with Crippen molar-refractivity contribution in [1.29, 1.82) is 0 Å². The normalized spacial score (nSPS) is 18.2. The Hall–Kier alpha value is -1.06. The summed E-state index contributed by atoms with van der Waals surface area (Å²) in [5.74, 6) is 0.948. The minimum absolute atomic E-state index is 0.141. The van der Waals surface area contributed by atoms with Crippen molar-refractivity contribution >= 4 is 0 Å². The summed E-state index contributed by atoms with van der Waals surface area (Å²) in [4.78, 5) is 2.49. The summed E-state index contributed by atoms with van der Waals surface area (Å²) in [6.45, 7) is 6.38. The zero-order valence-corrected chi connectivity index (χ0v) is 12.0. The van der Waals surface area contributed by atoms with Crippen molar-refractivity contribution in [2.24, 2.45) is 5.73 Å². The third-order valence-corrected chi connectivity index (χ3v) is 3.87. The van der Waals surface area contributed by atoms with Crippen molar-refractivity contribution in [2.75, 3.05) is 26.2 Å². The first-order chi connectivity index (χ1) is 9.29. The van der Waals surface area contributed by atoms with E-state index in [9.17, 15) is 0 Å². The first-order valence-electron chi connectivity index (χ1n) is 7.50. The average Bonchev–Trinajstić information content (AvgIpc) is 2.48. The van der Waals surface area contributed by atoms with Gasteiger partial charge in [-0.3, -0.25) is 4.90 Å². The molecule has 3 nitrogen and oxygen atoms in total. The summed E-state index contributed by atoms with van der Waals surface area (Å²) in [5, 5.41) is 0. The van der Waals surface area contributed by atoms with Gasteiger partial charge in [-0.2, -0.15) is 0 Å². The molecule has 1 aromatic carbocycles. The predicted molar refractivity (Wildman–Crippen MR) is 79.4 cm³/mol. The highest BCUT2D eigenvalue weighted by Crippen LogP contribution is 2.18. The molecule has 0 amide bonds. The molecule has 19 heavy (non-hydrogen) atoms. The lowest BCUT2D eigenvalue weighted by Gasteiger charge is -2.26. The molecular weight excluding hydrogens is 236 g/mol. The Bertz CT molecular complexity index is 358. The summed E-state index contributed by atoms with van der Waals surface area (Å²) < 4.78 is 5.79. The molecule has 3 heteroatoms. The van der Waals surface area contributed by atoms with Crippen LogP contribution in [0.5, 0.6) is 5.75 Å².